The molecule has 7 heteroatoms. The van der Waals surface area contributed by atoms with Crippen molar-refractivity contribution in [1.82, 2.24) is 19.9 Å². The first-order valence-electron chi connectivity index (χ1n) is 10.3. The molecule has 0 saturated carbocycles. The van der Waals surface area contributed by atoms with Gasteiger partial charge in [-0.3, -0.25) is 9.88 Å². The number of ether oxygens (including phenoxy) is 1. The highest BCUT2D eigenvalue weighted by molar-refractivity contribution is 5.63. The van der Waals surface area contributed by atoms with Gasteiger partial charge in [-0.1, -0.05) is 18.2 Å². The van der Waals surface area contributed by atoms with E-state index >= 15 is 0 Å². The lowest BCUT2D eigenvalue weighted by Gasteiger charge is -2.34. The number of pyridine rings is 1. The van der Waals surface area contributed by atoms with E-state index in [-0.39, 0.29) is 6.04 Å². The zero-order valence-electron chi connectivity index (χ0n) is 17.5. The van der Waals surface area contributed by atoms with Gasteiger partial charge in [-0.25, -0.2) is 9.97 Å². The van der Waals surface area contributed by atoms with Gasteiger partial charge in [0.2, 0.25) is 5.95 Å². The van der Waals surface area contributed by atoms with Crippen LogP contribution in [0.25, 0.3) is 11.3 Å². The van der Waals surface area contributed by atoms with Crippen molar-refractivity contribution < 1.29 is 4.74 Å². The first-order chi connectivity index (χ1) is 14.7. The van der Waals surface area contributed by atoms with Crippen LogP contribution in [0.4, 0.5) is 11.6 Å². The molecular formula is C23H28N6O. The Bertz CT molecular complexity index is 926. The summed E-state index contributed by atoms with van der Waals surface area (Å²) in [6, 6.07) is 14.6. The van der Waals surface area contributed by atoms with E-state index in [2.05, 4.69) is 55.4 Å². The van der Waals surface area contributed by atoms with Crippen molar-refractivity contribution in [3.8, 4) is 11.3 Å². The maximum absolute atomic E-state index is 5.53. The second kappa shape index (κ2) is 9.65. The Kier molecular flexibility index (Phi) is 6.51. The number of hydrogen-bond acceptors (Lipinski definition) is 7. The van der Waals surface area contributed by atoms with E-state index in [0.29, 0.717) is 12.5 Å². The number of rotatable bonds is 7. The van der Waals surface area contributed by atoms with Crippen LogP contribution in [0.5, 0.6) is 0 Å². The quantitative estimate of drug-likeness (QED) is 0.649. The van der Waals surface area contributed by atoms with E-state index in [1.807, 2.05) is 38.6 Å². The molecule has 2 aromatic heterocycles. The van der Waals surface area contributed by atoms with Crippen molar-refractivity contribution in [1.29, 1.82) is 0 Å². The average molecular weight is 405 g/mol. The van der Waals surface area contributed by atoms with Crippen LogP contribution in [0.3, 0.4) is 0 Å². The van der Waals surface area contributed by atoms with Crippen molar-refractivity contribution in [2.24, 2.45) is 0 Å². The molecule has 0 radical (unpaired) electrons. The monoisotopic (exact) mass is 404 g/mol. The lowest BCUT2D eigenvalue weighted by atomic mass is 10.1. The predicted octanol–water partition coefficient (Wildman–Crippen LogP) is 3.09. The van der Waals surface area contributed by atoms with Gasteiger partial charge in [0.25, 0.3) is 0 Å². The molecular weight excluding hydrogens is 376 g/mol. The fraction of sp³-hybridized carbons (Fsp3) is 0.348. The molecule has 1 aromatic carbocycles. The van der Waals surface area contributed by atoms with Crippen LogP contribution < -0.4 is 10.2 Å². The molecule has 3 aromatic rings. The van der Waals surface area contributed by atoms with E-state index in [4.69, 9.17) is 9.72 Å². The number of nitrogens with one attached hydrogen (secondary N) is 1. The van der Waals surface area contributed by atoms with Crippen molar-refractivity contribution in [3.05, 3.63) is 66.6 Å². The number of anilines is 2. The molecule has 4 rings (SSSR count). The number of nitrogens with zero attached hydrogens (tertiary/aromatic N) is 5. The predicted molar refractivity (Wildman–Crippen MR) is 120 cm³/mol. The summed E-state index contributed by atoms with van der Waals surface area (Å²) >= 11 is 0. The van der Waals surface area contributed by atoms with Crippen molar-refractivity contribution in [3.63, 3.8) is 0 Å². The molecule has 0 bridgehead atoms. The van der Waals surface area contributed by atoms with Gasteiger partial charge in [-0.2, -0.15) is 0 Å². The Morgan fingerprint density at radius 3 is 2.57 bits per heavy atom. The molecule has 1 aliphatic rings. The van der Waals surface area contributed by atoms with Gasteiger partial charge in [-0.05, 0) is 29.8 Å². The first kappa shape index (κ1) is 20.3. The number of morpholine rings is 1. The standard InChI is InChI=1S/C23H28N6O/c1-28(2)20-7-5-18(6-8-20)21-9-11-25-23(27-21)26-17-22(19-4-3-10-24-16-19)29-12-14-30-15-13-29/h3-11,16,22H,12-15,17H2,1-2H3,(H,25,26,27). The zero-order valence-corrected chi connectivity index (χ0v) is 17.5. The van der Waals surface area contributed by atoms with Gasteiger partial charge in [0.05, 0.1) is 24.9 Å². The van der Waals surface area contributed by atoms with Crippen LogP contribution >= 0.6 is 0 Å². The summed E-state index contributed by atoms with van der Waals surface area (Å²) in [4.78, 5) is 18.0. The minimum atomic E-state index is 0.189. The molecule has 1 N–H and O–H groups in total. The lowest BCUT2D eigenvalue weighted by molar-refractivity contribution is 0.0186. The maximum atomic E-state index is 5.53. The van der Waals surface area contributed by atoms with Gasteiger partial charge >= 0.3 is 0 Å². The molecule has 1 fully saturated rings. The van der Waals surface area contributed by atoms with Crippen molar-refractivity contribution in [2.45, 2.75) is 6.04 Å². The minimum absolute atomic E-state index is 0.189. The first-order valence-corrected chi connectivity index (χ1v) is 10.3. The van der Waals surface area contributed by atoms with Gasteiger partial charge in [0.15, 0.2) is 0 Å². The maximum Gasteiger partial charge on any atom is 0.223 e. The van der Waals surface area contributed by atoms with Crippen molar-refractivity contribution in [2.75, 3.05) is 57.2 Å². The highest BCUT2D eigenvalue weighted by atomic mass is 16.5. The van der Waals surface area contributed by atoms with Crippen LogP contribution in [-0.2, 0) is 4.74 Å². The summed E-state index contributed by atoms with van der Waals surface area (Å²) < 4.78 is 5.53. The molecule has 1 aliphatic heterocycles. The lowest BCUT2D eigenvalue weighted by Crippen LogP contribution is -2.41. The largest absolute Gasteiger partial charge is 0.379 e. The highest BCUT2D eigenvalue weighted by Gasteiger charge is 2.23. The van der Waals surface area contributed by atoms with E-state index in [1.165, 1.54) is 5.56 Å². The number of benzene rings is 1. The third kappa shape index (κ3) is 4.93. The number of hydrogen-bond donors (Lipinski definition) is 1. The summed E-state index contributed by atoms with van der Waals surface area (Å²) in [6.07, 6.45) is 5.55. The Morgan fingerprint density at radius 2 is 1.87 bits per heavy atom. The number of aromatic nitrogens is 3. The summed E-state index contributed by atoms with van der Waals surface area (Å²) in [5.41, 5.74) is 4.32. The van der Waals surface area contributed by atoms with Gasteiger partial charge in [0.1, 0.15) is 0 Å². The molecule has 1 saturated heterocycles. The Morgan fingerprint density at radius 1 is 1.07 bits per heavy atom. The molecule has 30 heavy (non-hydrogen) atoms. The fourth-order valence-electron chi connectivity index (χ4n) is 3.64. The van der Waals surface area contributed by atoms with E-state index < -0.39 is 0 Å². The molecule has 0 amide bonds. The van der Waals surface area contributed by atoms with Gasteiger partial charge in [0, 0.05) is 63.6 Å². The topological polar surface area (TPSA) is 66.4 Å². The van der Waals surface area contributed by atoms with Crippen LogP contribution in [-0.4, -0.2) is 66.8 Å². The Labute approximate surface area is 177 Å². The highest BCUT2D eigenvalue weighted by Crippen LogP contribution is 2.23. The molecule has 3 heterocycles. The second-order valence-corrected chi connectivity index (χ2v) is 7.54. The molecule has 1 atom stereocenters. The normalized spacial score (nSPS) is 15.5. The SMILES string of the molecule is CN(C)c1ccc(-c2ccnc(NCC(c3cccnc3)N3CCOCC3)n2)cc1. The van der Waals surface area contributed by atoms with E-state index in [1.54, 1.807) is 6.20 Å². The third-order valence-corrected chi connectivity index (χ3v) is 5.34. The van der Waals surface area contributed by atoms with E-state index in [9.17, 15) is 0 Å². The van der Waals surface area contributed by atoms with Gasteiger partial charge in [-0.15, -0.1) is 0 Å². The Balaban J connectivity index is 1.49. The van der Waals surface area contributed by atoms with Crippen molar-refractivity contribution >= 4 is 11.6 Å². The minimum Gasteiger partial charge on any atom is -0.379 e. The summed E-state index contributed by atoms with van der Waals surface area (Å²) in [5, 5.41) is 3.44. The third-order valence-electron chi connectivity index (χ3n) is 5.34. The summed E-state index contributed by atoms with van der Waals surface area (Å²) in [7, 11) is 4.07. The van der Waals surface area contributed by atoms with Crippen LogP contribution in [0.15, 0.2) is 61.1 Å². The van der Waals surface area contributed by atoms with Crippen LogP contribution in [0.1, 0.15) is 11.6 Å². The van der Waals surface area contributed by atoms with Crippen LogP contribution in [0.2, 0.25) is 0 Å². The van der Waals surface area contributed by atoms with Crippen LogP contribution in [0, 0.1) is 0 Å². The smallest absolute Gasteiger partial charge is 0.223 e. The van der Waals surface area contributed by atoms with E-state index in [0.717, 1.165) is 43.2 Å². The molecule has 1 unspecified atom stereocenters. The second-order valence-electron chi connectivity index (χ2n) is 7.54. The average Bonchev–Trinajstić information content (AvgIpc) is 2.81. The molecule has 0 aliphatic carbocycles. The summed E-state index contributed by atoms with van der Waals surface area (Å²) in [6.45, 7) is 4.02. The zero-order chi connectivity index (χ0) is 20.8. The van der Waals surface area contributed by atoms with Gasteiger partial charge < -0.3 is 15.0 Å². The Hall–Kier alpha value is -3.03. The fourth-order valence-corrected chi connectivity index (χ4v) is 3.64. The molecule has 0 spiro atoms. The summed E-state index contributed by atoms with van der Waals surface area (Å²) in [5.74, 6) is 0.631. The molecule has 156 valence electrons. The molecule has 7 nitrogen and oxygen atoms in total.